The highest BCUT2D eigenvalue weighted by atomic mass is 14.9. The summed E-state index contributed by atoms with van der Waals surface area (Å²) in [5.74, 6) is 2.74. The quantitative estimate of drug-likeness (QED) is 0.719. The average molecular weight is 215 g/mol. The number of hydrogen-bond acceptors (Lipinski definition) is 1. The Hall–Kier alpha value is -1.26. The third kappa shape index (κ3) is 4.51. The van der Waals surface area contributed by atoms with Crippen LogP contribution in [0.3, 0.4) is 0 Å². The predicted molar refractivity (Wildman–Crippen MR) is 70.4 cm³/mol. The predicted octanol–water partition coefficient (Wildman–Crippen LogP) is 2.93. The van der Waals surface area contributed by atoms with E-state index in [2.05, 4.69) is 49.4 Å². The van der Waals surface area contributed by atoms with Gasteiger partial charge in [0.1, 0.15) is 0 Å². The number of rotatable bonds is 6. The lowest BCUT2D eigenvalue weighted by Crippen LogP contribution is -2.28. The maximum absolute atomic E-state index is 5.36. The summed E-state index contributed by atoms with van der Waals surface area (Å²) in [7, 11) is 0. The minimum atomic E-state index is 0.454. The van der Waals surface area contributed by atoms with E-state index in [1.165, 1.54) is 11.1 Å². The summed E-state index contributed by atoms with van der Waals surface area (Å²) in [4.78, 5) is 0. The van der Waals surface area contributed by atoms with Crippen LogP contribution < -0.4 is 5.32 Å². The molecule has 1 aromatic rings. The second-order valence-electron chi connectivity index (χ2n) is 4.19. The molecule has 16 heavy (non-hydrogen) atoms. The van der Waals surface area contributed by atoms with Gasteiger partial charge in [-0.3, -0.25) is 0 Å². The van der Waals surface area contributed by atoms with E-state index < -0.39 is 0 Å². The smallest absolute Gasteiger partial charge is 0.0240 e. The van der Waals surface area contributed by atoms with Gasteiger partial charge in [0.25, 0.3) is 0 Å². The summed E-state index contributed by atoms with van der Waals surface area (Å²) in [6.07, 6.45) is 8.39. The fourth-order valence-electron chi connectivity index (χ4n) is 1.92. The number of aryl methyl sites for hydroxylation is 2. The van der Waals surface area contributed by atoms with Gasteiger partial charge in [0.15, 0.2) is 0 Å². The van der Waals surface area contributed by atoms with Crippen LogP contribution >= 0.6 is 0 Å². The third-order valence-corrected chi connectivity index (χ3v) is 2.72. The first-order valence-electron chi connectivity index (χ1n) is 5.98. The molecule has 0 aliphatic rings. The van der Waals surface area contributed by atoms with Gasteiger partial charge in [-0.1, -0.05) is 36.8 Å². The van der Waals surface area contributed by atoms with E-state index in [0.717, 1.165) is 25.8 Å². The van der Waals surface area contributed by atoms with E-state index in [1.807, 2.05) is 0 Å². The summed E-state index contributed by atoms with van der Waals surface area (Å²) in [6.45, 7) is 5.24. The molecule has 0 amide bonds. The molecule has 0 aliphatic carbocycles. The summed E-state index contributed by atoms with van der Waals surface area (Å²) < 4.78 is 0. The van der Waals surface area contributed by atoms with Gasteiger partial charge in [-0.15, -0.1) is 12.3 Å². The van der Waals surface area contributed by atoms with Crippen molar-refractivity contribution in [2.75, 3.05) is 6.54 Å². The van der Waals surface area contributed by atoms with Gasteiger partial charge in [0, 0.05) is 12.5 Å². The van der Waals surface area contributed by atoms with Gasteiger partial charge in [-0.2, -0.15) is 0 Å². The Morgan fingerprint density at radius 1 is 1.44 bits per heavy atom. The number of hydrogen-bond donors (Lipinski definition) is 1. The van der Waals surface area contributed by atoms with Crippen molar-refractivity contribution in [1.82, 2.24) is 5.32 Å². The Kier molecular flexibility index (Phi) is 5.67. The number of benzene rings is 1. The van der Waals surface area contributed by atoms with Crippen molar-refractivity contribution in [2.24, 2.45) is 0 Å². The van der Waals surface area contributed by atoms with Crippen molar-refractivity contribution in [2.45, 2.75) is 39.2 Å². The van der Waals surface area contributed by atoms with Crippen molar-refractivity contribution in [3.63, 3.8) is 0 Å². The van der Waals surface area contributed by atoms with Gasteiger partial charge < -0.3 is 5.32 Å². The van der Waals surface area contributed by atoms with Crippen LogP contribution in [-0.2, 0) is 6.42 Å². The Morgan fingerprint density at radius 3 is 2.88 bits per heavy atom. The molecule has 0 aliphatic heterocycles. The average Bonchev–Trinajstić information content (AvgIpc) is 2.27. The summed E-state index contributed by atoms with van der Waals surface area (Å²) in [5.41, 5.74) is 2.73. The maximum atomic E-state index is 5.36. The topological polar surface area (TPSA) is 12.0 Å². The van der Waals surface area contributed by atoms with Crippen LogP contribution in [0, 0.1) is 19.3 Å². The van der Waals surface area contributed by atoms with E-state index in [-0.39, 0.29) is 0 Å². The standard InChI is InChI=1S/C15H21N/c1-4-7-15(16-5-2)11-10-14-9-6-8-13(3)12-14/h1,6,8-9,12,15-16H,5,7,10-11H2,2-3H3. The maximum Gasteiger partial charge on any atom is 0.0240 e. The lowest BCUT2D eigenvalue weighted by molar-refractivity contribution is 0.503. The molecule has 1 nitrogen and oxygen atoms in total. The zero-order valence-corrected chi connectivity index (χ0v) is 10.3. The van der Waals surface area contributed by atoms with Gasteiger partial charge in [0.2, 0.25) is 0 Å². The molecule has 1 aromatic carbocycles. The van der Waals surface area contributed by atoms with E-state index >= 15 is 0 Å². The minimum absolute atomic E-state index is 0.454. The minimum Gasteiger partial charge on any atom is -0.313 e. The molecule has 86 valence electrons. The van der Waals surface area contributed by atoms with Crippen LogP contribution in [0.1, 0.15) is 30.9 Å². The van der Waals surface area contributed by atoms with Crippen molar-refractivity contribution < 1.29 is 0 Å². The fraction of sp³-hybridized carbons (Fsp3) is 0.467. The van der Waals surface area contributed by atoms with Crippen molar-refractivity contribution in [1.29, 1.82) is 0 Å². The van der Waals surface area contributed by atoms with Crippen molar-refractivity contribution in [3.05, 3.63) is 35.4 Å². The van der Waals surface area contributed by atoms with E-state index in [9.17, 15) is 0 Å². The zero-order chi connectivity index (χ0) is 11.8. The first kappa shape index (κ1) is 12.8. The highest BCUT2D eigenvalue weighted by Gasteiger charge is 2.05. The van der Waals surface area contributed by atoms with Crippen LogP contribution in [0.5, 0.6) is 0 Å². The second-order valence-corrected chi connectivity index (χ2v) is 4.19. The first-order chi connectivity index (χ1) is 7.76. The van der Waals surface area contributed by atoms with Gasteiger partial charge in [-0.05, 0) is 31.9 Å². The van der Waals surface area contributed by atoms with Crippen LogP contribution in [-0.4, -0.2) is 12.6 Å². The highest BCUT2D eigenvalue weighted by Crippen LogP contribution is 2.09. The summed E-state index contributed by atoms with van der Waals surface area (Å²) >= 11 is 0. The van der Waals surface area contributed by atoms with Crippen LogP contribution in [0.15, 0.2) is 24.3 Å². The Labute approximate surface area is 99.3 Å². The normalized spacial score (nSPS) is 12.1. The molecule has 0 aromatic heterocycles. The third-order valence-electron chi connectivity index (χ3n) is 2.72. The molecule has 1 heteroatoms. The molecule has 1 rings (SSSR count). The van der Waals surface area contributed by atoms with Crippen molar-refractivity contribution >= 4 is 0 Å². The molecular weight excluding hydrogens is 194 g/mol. The lowest BCUT2D eigenvalue weighted by atomic mass is 10.0. The number of nitrogens with one attached hydrogen (secondary N) is 1. The Morgan fingerprint density at radius 2 is 2.25 bits per heavy atom. The second kappa shape index (κ2) is 7.09. The molecule has 0 saturated heterocycles. The monoisotopic (exact) mass is 215 g/mol. The van der Waals surface area contributed by atoms with Crippen LogP contribution in [0.25, 0.3) is 0 Å². The van der Waals surface area contributed by atoms with E-state index in [4.69, 9.17) is 6.42 Å². The Balaban J connectivity index is 2.45. The van der Waals surface area contributed by atoms with Gasteiger partial charge in [0.05, 0.1) is 0 Å². The van der Waals surface area contributed by atoms with Crippen LogP contribution in [0.4, 0.5) is 0 Å². The molecule has 0 radical (unpaired) electrons. The van der Waals surface area contributed by atoms with E-state index in [1.54, 1.807) is 0 Å². The summed E-state index contributed by atoms with van der Waals surface area (Å²) in [6, 6.07) is 9.14. The highest BCUT2D eigenvalue weighted by molar-refractivity contribution is 5.22. The molecule has 1 N–H and O–H groups in total. The lowest BCUT2D eigenvalue weighted by Gasteiger charge is -2.15. The fourth-order valence-corrected chi connectivity index (χ4v) is 1.92. The first-order valence-corrected chi connectivity index (χ1v) is 5.98. The van der Waals surface area contributed by atoms with Crippen molar-refractivity contribution in [3.8, 4) is 12.3 Å². The summed E-state index contributed by atoms with van der Waals surface area (Å²) in [5, 5.41) is 3.43. The molecule has 0 saturated carbocycles. The van der Waals surface area contributed by atoms with Crippen LogP contribution in [0.2, 0.25) is 0 Å². The molecule has 1 unspecified atom stereocenters. The molecular formula is C15H21N. The molecule has 0 bridgehead atoms. The molecule has 0 heterocycles. The van der Waals surface area contributed by atoms with Gasteiger partial charge >= 0.3 is 0 Å². The zero-order valence-electron chi connectivity index (χ0n) is 10.3. The largest absolute Gasteiger partial charge is 0.313 e. The molecule has 0 fully saturated rings. The SMILES string of the molecule is C#CCC(CCc1cccc(C)c1)NCC. The molecule has 1 atom stereocenters. The van der Waals surface area contributed by atoms with E-state index in [0.29, 0.717) is 6.04 Å². The molecule has 0 spiro atoms. The Bertz CT molecular complexity index is 349. The van der Waals surface area contributed by atoms with Gasteiger partial charge in [-0.25, -0.2) is 0 Å². The number of terminal acetylenes is 1.